The predicted molar refractivity (Wildman–Crippen MR) is 57.5 cm³/mol. The predicted octanol–water partition coefficient (Wildman–Crippen LogP) is 3.34. The standard InChI is InChI=1S/C11H11NS/c1-2-10-4-6-11(7-5-10)13-9-3-8-12/h2,4-7H,1,3,9H2. The second-order valence-electron chi connectivity index (χ2n) is 2.53. The molecule has 0 saturated carbocycles. The van der Waals surface area contributed by atoms with Gasteiger partial charge in [-0.05, 0) is 17.7 Å². The van der Waals surface area contributed by atoms with Crippen molar-refractivity contribution in [2.45, 2.75) is 11.3 Å². The van der Waals surface area contributed by atoms with Crippen molar-refractivity contribution in [3.05, 3.63) is 36.4 Å². The second kappa shape index (κ2) is 5.45. The highest BCUT2D eigenvalue weighted by Gasteiger charge is 1.92. The second-order valence-corrected chi connectivity index (χ2v) is 3.70. The molecule has 0 aliphatic rings. The molecule has 0 unspecified atom stereocenters. The van der Waals surface area contributed by atoms with E-state index in [0.29, 0.717) is 6.42 Å². The Labute approximate surface area is 83.1 Å². The number of hydrogen-bond donors (Lipinski definition) is 0. The fourth-order valence-corrected chi connectivity index (χ4v) is 1.67. The van der Waals surface area contributed by atoms with Crippen LogP contribution in [0.5, 0.6) is 0 Å². The van der Waals surface area contributed by atoms with Crippen molar-refractivity contribution in [1.29, 1.82) is 5.26 Å². The van der Waals surface area contributed by atoms with E-state index in [9.17, 15) is 0 Å². The number of benzene rings is 1. The first-order valence-corrected chi connectivity index (χ1v) is 5.07. The van der Waals surface area contributed by atoms with Crippen molar-refractivity contribution in [2.24, 2.45) is 0 Å². The molecule has 0 aliphatic carbocycles. The molecule has 0 heterocycles. The van der Waals surface area contributed by atoms with Crippen molar-refractivity contribution in [3.8, 4) is 6.07 Å². The summed E-state index contributed by atoms with van der Waals surface area (Å²) in [5.74, 6) is 0.865. The molecule has 0 bridgehead atoms. The van der Waals surface area contributed by atoms with Crippen LogP contribution in [0.2, 0.25) is 0 Å². The summed E-state index contributed by atoms with van der Waals surface area (Å²) in [6.45, 7) is 3.69. The number of nitrogens with zero attached hydrogens (tertiary/aromatic N) is 1. The van der Waals surface area contributed by atoms with Crippen molar-refractivity contribution < 1.29 is 0 Å². The summed E-state index contributed by atoms with van der Waals surface area (Å²) in [4.78, 5) is 1.21. The van der Waals surface area contributed by atoms with Crippen molar-refractivity contribution in [3.63, 3.8) is 0 Å². The summed E-state index contributed by atoms with van der Waals surface area (Å²) < 4.78 is 0. The summed E-state index contributed by atoms with van der Waals surface area (Å²) in [6.07, 6.45) is 2.43. The summed E-state index contributed by atoms with van der Waals surface area (Å²) in [5, 5.41) is 8.35. The van der Waals surface area contributed by atoms with Gasteiger partial charge in [-0.15, -0.1) is 11.8 Å². The number of rotatable bonds is 4. The number of hydrogen-bond acceptors (Lipinski definition) is 2. The zero-order valence-electron chi connectivity index (χ0n) is 7.36. The van der Waals surface area contributed by atoms with E-state index in [1.165, 1.54) is 4.90 Å². The van der Waals surface area contributed by atoms with Crippen LogP contribution in [-0.2, 0) is 0 Å². The van der Waals surface area contributed by atoms with Crippen molar-refractivity contribution >= 4 is 17.8 Å². The monoisotopic (exact) mass is 189 g/mol. The van der Waals surface area contributed by atoms with Gasteiger partial charge in [0.1, 0.15) is 0 Å². The molecule has 0 atom stereocenters. The molecular weight excluding hydrogens is 178 g/mol. The molecule has 0 aromatic heterocycles. The van der Waals surface area contributed by atoms with Crippen molar-refractivity contribution in [2.75, 3.05) is 5.75 Å². The third-order valence-corrected chi connectivity index (χ3v) is 2.61. The maximum absolute atomic E-state index is 8.35. The van der Waals surface area contributed by atoms with Gasteiger partial charge in [0.2, 0.25) is 0 Å². The van der Waals surface area contributed by atoms with Gasteiger partial charge in [0.05, 0.1) is 6.07 Å². The van der Waals surface area contributed by atoms with Crippen LogP contribution >= 0.6 is 11.8 Å². The Hall–Kier alpha value is -1.20. The van der Waals surface area contributed by atoms with E-state index in [2.05, 4.69) is 24.8 Å². The molecule has 0 saturated heterocycles. The van der Waals surface area contributed by atoms with Gasteiger partial charge < -0.3 is 0 Å². The summed E-state index contributed by atoms with van der Waals surface area (Å²) in [5.41, 5.74) is 1.13. The van der Waals surface area contributed by atoms with Gasteiger partial charge in [-0.25, -0.2) is 0 Å². The Kier molecular flexibility index (Phi) is 4.14. The SMILES string of the molecule is C=Cc1ccc(SCCC#N)cc1. The minimum Gasteiger partial charge on any atom is -0.198 e. The molecule has 66 valence electrons. The van der Waals surface area contributed by atoms with Gasteiger partial charge in [-0.1, -0.05) is 24.8 Å². The van der Waals surface area contributed by atoms with E-state index in [1.54, 1.807) is 11.8 Å². The van der Waals surface area contributed by atoms with Crippen LogP contribution in [0.4, 0.5) is 0 Å². The third-order valence-electron chi connectivity index (χ3n) is 1.60. The van der Waals surface area contributed by atoms with E-state index >= 15 is 0 Å². The lowest BCUT2D eigenvalue weighted by molar-refractivity contribution is 1.23. The highest BCUT2D eigenvalue weighted by Crippen LogP contribution is 2.19. The van der Waals surface area contributed by atoms with Gasteiger partial charge >= 0.3 is 0 Å². The Bertz CT molecular complexity index is 308. The molecule has 0 aliphatic heterocycles. The van der Waals surface area contributed by atoms with Crippen molar-refractivity contribution in [1.82, 2.24) is 0 Å². The maximum atomic E-state index is 8.35. The van der Waals surface area contributed by atoms with Crippen LogP contribution in [0.3, 0.4) is 0 Å². The zero-order valence-corrected chi connectivity index (χ0v) is 8.18. The fraction of sp³-hybridized carbons (Fsp3) is 0.182. The largest absolute Gasteiger partial charge is 0.198 e. The molecule has 0 fully saturated rings. The molecule has 13 heavy (non-hydrogen) atoms. The van der Waals surface area contributed by atoms with Crippen LogP contribution in [0.25, 0.3) is 6.08 Å². The average molecular weight is 189 g/mol. The van der Waals surface area contributed by atoms with Crippen LogP contribution in [0.15, 0.2) is 35.7 Å². The van der Waals surface area contributed by atoms with Gasteiger partial charge in [0, 0.05) is 17.1 Å². The molecule has 0 N–H and O–H groups in total. The molecular formula is C11H11NS. The highest BCUT2D eigenvalue weighted by atomic mass is 32.2. The Morgan fingerprint density at radius 1 is 1.38 bits per heavy atom. The third kappa shape index (κ3) is 3.35. The van der Waals surface area contributed by atoms with E-state index < -0.39 is 0 Å². The molecule has 1 aromatic carbocycles. The van der Waals surface area contributed by atoms with Gasteiger partial charge in [0.15, 0.2) is 0 Å². The molecule has 0 spiro atoms. The fourth-order valence-electron chi connectivity index (χ4n) is 0.915. The lowest BCUT2D eigenvalue weighted by Gasteiger charge is -1.98. The van der Waals surface area contributed by atoms with Crippen LogP contribution < -0.4 is 0 Å². The Balaban J connectivity index is 2.50. The number of thioether (sulfide) groups is 1. The molecule has 1 aromatic rings. The molecule has 1 rings (SSSR count). The van der Waals surface area contributed by atoms with Crippen LogP contribution in [0.1, 0.15) is 12.0 Å². The average Bonchev–Trinajstić information content (AvgIpc) is 2.19. The minimum absolute atomic E-state index is 0.605. The first-order chi connectivity index (χ1) is 6.36. The molecule has 1 nitrogen and oxygen atoms in total. The maximum Gasteiger partial charge on any atom is 0.0630 e. The molecule has 0 amide bonds. The Morgan fingerprint density at radius 3 is 2.62 bits per heavy atom. The number of nitriles is 1. The van der Waals surface area contributed by atoms with E-state index in [-0.39, 0.29) is 0 Å². The lowest BCUT2D eigenvalue weighted by Crippen LogP contribution is -1.77. The lowest BCUT2D eigenvalue weighted by atomic mass is 10.2. The van der Waals surface area contributed by atoms with Gasteiger partial charge in [-0.3, -0.25) is 0 Å². The summed E-state index contributed by atoms with van der Waals surface area (Å²) in [6, 6.07) is 10.3. The quantitative estimate of drug-likeness (QED) is 0.536. The normalized spacial score (nSPS) is 9.15. The first kappa shape index (κ1) is 9.88. The van der Waals surface area contributed by atoms with E-state index in [0.717, 1.165) is 11.3 Å². The van der Waals surface area contributed by atoms with E-state index in [1.807, 2.05) is 18.2 Å². The Morgan fingerprint density at radius 2 is 2.08 bits per heavy atom. The summed E-state index contributed by atoms with van der Waals surface area (Å²) >= 11 is 1.71. The first-order valence-electron chi connectivity index (χ1n) is 4.09. The molecule has 0 radical (unpaired) electrons. The van der Waals surface area contributed by atoms with Crippen LogP contribution in [0, 0.1) is 11.3 Å². The van der Waals surface area contributed by atoms with Gasteiger partial charge in [0.25, 0.3) is 0 Å². The molecule has 2 heteroatoms. The van der Waals surface area contributed by atoms with Gasteiger partial charge in [-0.2, -0.15) is 5.26 Å². The smallest absolute Gasteiger partial charge is 0.0630 e. The van der Waals surface area contributed by atoms with Crippen LogP contribution in [-0.4, -0.2) is 5.75 Å². The zero-order chi connectivity index (χ0) is 9.52. The minimum atomic E-state index is 0.605. The highest BCUT2D eigenvalue weighted by molar-refractivity contribution is 7.99. The topological polar surface area (TPSA) is 23.8 Å². The van der Waals surface area contributed by atoms with E-state index in [4.69, 9.17) is 5.26 Å². The summed E-state index contributed by atoms with van der Waals surface area (Å²) in [7, 11) is 0.